The third-order valence-corrected chi connectivity index (χ3v) is 1.96. The Morgan fingerprint density at radius 3 is 2.71 bits per heavy atom. The summed E-state index contributed by atoms with van der Waals surface area (Å²) in [5.41, 5.74) is 6.51. The van der Waals surface area contributed by atoms with Gasteiger partial charge in [0.1, 0.15) is 0 Å². The van der Waals surface area contributed by atoms with E-state index in [9.17, 15) is 0 Å². The molecule has 3 N–H and O–H groups in total. The molecular weight excluding hydrogens is 176 g/mol. The van der Waals surface area contributed by atoms with E-state index in [1.807, 2.05) is 19.2 Å². The van der Waals surface area contributed by atoms with Crippen molar-refractivity contribution in [1.29, 1.82) is 5.41 Å². The summed E-state index contributed by atoms with van der Waals surface area (Å²) < 4.78 is 0. The fourth-order valence-corrected chi connectivity index (χ4v) is 1.19. The molecule has 0 fully saturated rings. The van der Waals surface area contributed by atoms with E-state index in [1.54, 1.807) is 12.4 Å². The first kappa shape index (κ1) is 10.7. The Labute approximate surface area is 84.3 Å². The molecule has 1 heterocycles. The van der Waals surface area contributed by atoms with Crippen molar-refractivity contribution in [3.05, 3.63) is 30.1 Å². The minimum atomic E-state index is 0.242. The Bertz CT molecular complexity index is 283. The van der Waals surface area contributed by atoms with E-state index in [0.29, 0.717) is 6.42 Å². The van der Waals surface area contributed by atoms with Crippen LogP contribution in [-0.2, 0) is 6.54 Å². The molecule has 1 rings (SSSR count). The van der Waals surface area contributed by atoms with Gasteiger partial charge in [0.05, 0.1) is 5.84 Å². The summed E-state index contributed by atoms with van der Waals surface area (Å²) in [5, 5.41) is 7.11. The van der Waals surface area contributed by atoms with Crippen LogP contribution in [0.4, 0.5) is 0 Å². The third-order valence-electron chi connectivity index (χ3n) is 1.96. The van der Waals surface area contributed by atoms with Crippen LogP contribution in [-0.4, -0.2) is 29.3 Å². The Kier molecular flexibility index (Phi) is 4.07. The van der Waals surface area contributed by atoms with Gasteiger partial charge in [-0.15, -0.1) is 0 Å². The molecule has 14 heavy (non-hydrogen) atoms. The van der Waals surface area contributed by atoms with Crippen molar-refractivity contribution >= 4 is 5.84 Å². The molecule has 0 aliphatic rings. The maximum Gasteiger partial charge on any atom is 0.0918 e. The van der Waals surface area contributed by atoms with Crippen LogP contribution in [0, 0.1) is 5.41 Å². The van der Waals surface area contributed by atoms with Crippen LogP contribution >= 0.6 is 0 Å². The fraction of sp³-hybridized carbons (Fsp3) is 0.400. The molecule has 0 saturated carbocycles. The summed E-state index contributed by atoms with van der Waals surface area (Å²) in [5.74, 6) is 0.242. The number of hydrogen-bond acceptors (Lipinski definition) is 3. The van der Waals surface area contributed by atoms with Crippen LogP contribution in [0.15, 0.2) is 24.5 Å². The zero-order valence-corrected chi connectivity index (χ0v) is 8.40. The number of rotatable bonds is 5. The van der Waals surface area contributed by atoms with Crippen molar-refractivity contribution < 1.29 is 0 Å². The average molecular weight is 192 g/mol. The smallest absolute Gasteiger partial charge is 0.0918 e. The third kappa shape index (κ3) is 4.00. The van der Waals surface area contributed by atoms with Crippen molar-refractivity contribution in [3.8, 4) is 0 Å². The highest BCUT2D eigenvalue weighted by Gasteiger charge is 2.00. The van der Waals surface area contributed by atoms with E-state index in [4.69, 9.17) is 11.1 Å². The molecule has 76 valence electrons. The summed E-state index contributed by atoms with van der Waals surface area (Å²) in [4.78, 5) is 6.09. The molecule has 0 aromatic carbocycles. The van der Waals surface area contributed by atoms with Crippen LogP contribution in [0.25, 0.3) is 0 Å². The quantitative estimate of drug-likeness (QED) is 0.536. The van der Waals surface area contributed by atoms with Gasteiger partial charge in [0.15, 0.2) is 0 Å². The van der Waals surface area contributed by atoms with Gasteiger partial charge in [-0.2, -0.15) is 0 Å². The van der Waals surface area contributed by atoms with Crippen LogP contribution in [0.3, 0.4) is 0 Å². The number of hydrogen-bond donors (Lipinski definition) is 2. The zero-order valence-electron chi connectivity index (χ0n) is 8.40. The lowest BCUT2D eigenvalue weighted by atomic mass is 10.2. The van der Waals surface area contributed by atoms with E-state index in [-0.39, 0.29) is 5.84 Å². The molecule has 4 nitrogen and oxygen atoms in total. The lowest BCUT2D eigenvalue weighted by Crippen LogP contribution is -2.23. The second kappa shape index (κ2) is 5.34. The molecule has 0 aliphatic carbocycles. The van der Waals surface area contributed by atoms with E-state index < -0.39 is 0 Å². The summed E-state index contributed by atoms with van der Waals surface area (Å²) in [7, 11) is 2.02. The van der Waals surface area contributed by atoms with Gasteiger partial charge in [0.2, 0.25) is 0 Å². The highest BCUT2D eigenvalue weighted by Crippen LogP contribution is 2.01. The van der Waals surface area contributed by atoms with Crippen LogP contribution < -0.4 is 5.73 Å². The Morgan fingerprint density at radius 2 is 2.14 bits per heavy atom. The average Bonchev–Trinajstić information content (AvgIpc) is 2.16. The van der Waals surface area contributed by atoms with Crippen molar-refractivity contribution in [2.45, 2.75) is 13.0 Å². The summed E-state index contributed by atoms with van der Waals surface area (Å²) in [6, 6.07) is 3.98. The van der Waals surface area contributed by atoms with Crippen molar-refractivity contribution in [1.82, 2.24) is 9.88 Å². The van der Waals surface area contributed by atoms with Gasteiger partial charge in [-0.1, -0.05) is 0 Å². The molecule has 0 radical (unpaired) electrons. The molecule has 0 aliphatic heterocycles. The van der Waals surface area contributed by atoms with Gasteiger partial charge in [-0.3, -0.25) is 10.4 Å². The van der Waals surface area contributed by atoms with E-state index in [1.165, 1.54) is 5.56 Å². The molecule has 1 aromatic heterocycles. The normalized spacial score (nSPS) is 10.4. The number of nitrogens with two attached hydrogens (primary N) is 1. The van der Waals surface area contributed by atoms with Crippen molar-refractivity contribution in [2.24, 2.45) is 5.73 Å². The molecule has 4 heteroatoms. The monoisotopic (exact) mass is 192 g/mol. The van der Waals surface area contributed by atoms with Gasteiger partial charge in [-0.05, 0) is 24.7 Å². The predicted molar refractivity (Wildman–Crippen MR) is 57.1 cm³/mol. The van der Waals surface area contributed by atoms with Gasteiger partial charge in [-0.25, -0.2) is 0 Å². The number of nitrogens with zero attached hydrogens (tertiary/aromatic N) is 2. The zero-order chi connectivity index (χ0) is 10.4. The fourth-order valence-electron chi connectivity index (χ4n) is 1.19. The topological polar surface area (TPSA) is 66.0 Å². The number of nitrogens with one attached hydrogen (secondary N) is 1. The first-order valence-electron chi connectivity index (χ1n) is 4.59. The highest BCUT2D eigenvalue weighted by molar-refractivity contribution is 5.76. The SMILES string of the molecule is CN(CCC(=N)N)Cc1ccncc1. The van der Waals surface area contributed by atoms with Gasteiger partial charge in [0, 0.05) is 31.9 Å². The van der Waals surface area contributed by atoms with E-state index in [2.05, 4.69) is 9.88 Å². The van der Waals surface area contributed by atoms with Crippen LogP contribution in [0.5, 0.6) is 0 Å². The molecule has 0 saturated heterocycles. The number of amidine groups is 1. The Hall–Kier alpha value is -1.42. The largest absolute Gasteiger partial charge is 0.388 e. The lowest BCUT2D eigenvalue weighted by molar-refractivity contribution is 0.336. The van der Waals surface area contributed by atoms with Crippen LogP contribution in [0.1, 0.15) is 12.0 Å². The standard InChI is InChI=1S/C10H16N4/c1-14(7-4-10(11)12)8-9-2-5-13-6-3-9/h2-3,5-6H,4,7-8H2,1H3,(H3,11,12). The van der Waals surface area contributed by atoms with Gasteiger partial charge >= 0.3 is 0 Å². The molecule has 0 spiro atoms. The second-order valence-corrected chi connectivity index (χ2v) is 3.37. The predicted octanol–water partition coefficient (Wildman–Crippen LogP) is 0.839. The van der Waals surface area contributed by atoms with Crippen LogP contribution in [0.2, 0.25) is 0 Å². The second-order valence-electron chi connectivity index (χ2n) is 3.37. The Morgan fingerprint density at radius 1 is 1.50 bits per heavy atom. The van der Waals surface area contributed by atoms with E-state index in [0.717, 1.165) is 13.1 Å². The summed E-state index contributed by atoms with van der Waals surface area (Å²) >= 11 is 0. The van der Waals surface area contributed by atoms with Crippen molar-refractivity contribution in [2.75, 3.05) is 13.6 Å². The molecular formula is C10H16N4. The summed E-state index contributed by atoms with van der Waals surface area (Å²) in [6.07, 6.45) is 4.20. The van der Waals surface area contributed by atoms with Crippen molar-refractivity contribution in [3.63, 3.8) is 0 Å². The highest BCUT2D eigenvalue weighted by atomic mass is 15.1. The number of pyridine rings is 1. The van der Waals surface area contributed by atoms with Gasteiger partial charge < -0.3 is 10.6 Å². The van der Waals surface area contributed by atoms with E-state index >= 15 is 0 Å². The minimum absolute atomic E-state index is 0.242. The first-order valence-corrected chi connectivity index (χ1v) is 4.59. The molecule has 0 unspecified atom stereocenters. The molecule has 1 aromatic rings. The maximum absolute atomic E-state index is 7.11. The maximum atomic E-state index is 7.11. The Balaban J connectivity index is 2.34. The summed E-state index contributed by atoms with van der Waals surface area (Å²) in [6.45, 7) is 1.69. The lowest BCUT2D eigenvalue weighted by Gasteiger charge is -2.15. The molecule has 0 bridgehead atoms. The van der Waals surface area contributed by atoms with Gasteiger partial charge in [0.25, 0.3) is 0 Å². The number of aromatic nitrogens is 1. The molecule has 0 amide bonds. The molecule has 0 atom stereocenters. The first-order chi connectivity index (χ1) is 6.68. The minimum Gasteiger partial charge on any atom is -0.388 e.